The van der Waals surface area contributed by atoms with Crippen LogP contribution in [0.15, 0.2) is 17.1 Å². The average Bonchev–Trinajstić information content (AvgIpc) is 2.38. The summed E-state index contributed by atoms with van der Waals surface area (Å²) < 4.78 is 1.40. The molecule has 1 aliphatic heterocycles. The fourth-order valence-electron chi connectivity index (χ4n) is 2.05. The highest BCUT2D eigenvalue weighted by molar-refractivity contribution is 5.43. The molecule has 0 amide bonds. The van der Waals surface area contributed by atoms with Gasteiger partial charge in [-0.25, -0.2) is 4.68 Å². The van der Waals surface area contributed by atoms with Gasteiger partial charge in [-0.1, -0.05) is 0 Å². The fraction of sp³-hybridized carbons (Fsp3) is 0.667. The number of aromatic nitrogens is 2. The molecule has 0 bridgehead atoms. The molecule has 6 heteroatoms. The van der Waals surface area contributed by atoms with E-state index in [0.29, 0.717) is 13.0 Å². The Bertz CT molecular complexity index is 438. The zero-order valence-corrected chi connectivity index (χ0v) is 10.7. The normalized spacial score (nSPS) is 17.1. The van der Waals surface area contributed by atoms with Gasteiger partial charge in [-0.05, 0) is 13.5 Å². The van der Waals surface area contributed by atoms with E-state index < -0.39 is 0 Å². The molecule has 1 fully saturated rings. The molecule has 1 saturated heterocycles. The summed E-state index contributed by atoms with van der Waals surface area (Å²) in [7, 11) is 2.10. The molecule has 18 heavy (non-hydrogen) atoms. The number of aliphatic hydroxyl groups is 1. The Morgan fingerprint density at radius 3 is 2.67 bits per heavy atom. The number of rotatable bonds is 4. The Hall–Kier alpha value is -1.40. The van der Waals surface area contributed by atoms with E-state index in [2.05, 4.69) is 21.9 Å². The van der Waals surface area contributed by atoms with Crippen molar-refractivity contribution in [1.82, 2.24) is 14.7 Å². The Balaban J connectivity index is 2.06. The van der Waals surface area contributed by atoms with Crippen LogP contribution in [0.3, 0.4) is 0 Å². The summed E-state index contributed by atoms with van der Waals surface area (Å²) in [4.78, 5) is 16.3. The highest BCUT2D eigenvalue weighted by atomic mass is 16.3. The summed E-state index contributed by atoms with van der Waals surface area (Å²) in [5, 5.41) is 12.9. The van der Waals surface area contributed by atoms with Gasteiger partial charge in [0, 0.05) is 45.4 Å². The third kappa shape index (κ3) is 3.08. The number of aliphatic hydroxyl groups excluding tert-OH is 1. The van der Waals surface area contributed by atoms with Crippen molar-refractivity contribution in [3.8, 4) is 0 Å². The first-order chi connectivity index (χ1) is 8.70. The SMILES string of the molecule is CN1CCN(c2cnn(CCCO)c(=O)c2)CC1. The molecule has 1 aromatic heterocycles. The van der Waals surface area contributed by atoms with Gasteiger partial charge in [-0.2, -0.15) is 5.10 Å². The lowest BCUT2D eigenvalue weighted by molar-refractivity contribution is 0.275. The Morgan fingerprint density at radius 1 is 1.33 bits per heavy atom. The van der Waals surface area contributed by atoms with Crippen molar-refractivity contribution in [1.29, 1.82) is 0 Å². The van der Waals surface area contributed by atoms with Crippen molar-refractivity contribution in [2.75, 3.05) is 44.7 Å². The number of nitrogens with zero attached hydrogens (tertiary/aromatic N) is 4. The summed E-state index contributed by atoms with van der Waals surface area (Å²) in [6.45, 7) is 4.42. The minimum absolute atomic E-state index is 0.0777. The number of hydrogen-bond acceptors (Lipinski definition) is 5. The van der Waals surface area contributed by atoms with Gasteiger partial charge < -0.3 is 14.9 Å². The third-order valence-electron chi connectivity index (χ3n) is 3.25. The molecule has 1 aliphatic rings. The van der Waals surface area contributed by atoms with E-state index >= 15 is 0 Å². The van der Waals surface area contributed by atoms with E-state index in [9.17, 15) is 4.79 Å². The highest BCUT2D eigenvalue weighted by Gasteiger charge is 2.15. The Kier molecular flexibility index (Phi) is 4.33. The summed E-state index contributed by atoms with van der Waals surface area (Å²) in [5.41, 5.74) is 0.799. The molecule has 0 saturated carbocycles. The monoisotopic (exact) mass is 252 g/mol. The van der Waals surface area contributed by atoms with Crippen molar-refractivity contribution in [2.24, 2.45) is 0 Å². The van der Waals surface area contributed by atoms with Crippen molar-refractivity contribution < 1.29 is 5.11 Å². The molecule has 0 spiro atoms. The van der Waals surface area contributed by atoms with Gasteiger partial charge in [0.25, 0.3) is 5.56 Å². The van der Waals surface area contributed by atoms with Gasteiger partial charge in [-0.15, -0.1) is 0 Å². The van der Waals surface area contributed by atoms with Crippen molar-refractivity contribution >= 4 is 5.69 Å². The molecule has 0 aliphatic carbocycles. The minimum atomic E-state index is -0.0973. The lowest BCUT2D eigenvalue weighted by Crippen LogP contribution is -2.45. The van der Waals surface area contributed by atoms with Crippen molar-refractivity contribution in [3.05, 3.63) is 22.6 Å². The predicted molar refractivity (Wildman–Crippen MR) is 69.9 cm³/mol. The van der Waals surface area contributed by atoms with Crippen molar-refractivity contribution in [3.63, 3.8) is 0 Å². The number of anilines is 1. The largest absolute Gasteiger partial charge is 0.396 e. The van der Waals surface area contributed by atoms with E-state index in [0.717, 1.165) is 31.9 Å². The van der Waals surface area contributed by atoms with Gasteiger partial charge in [0.1, 0.15) is 0 Å². The van der Waals surface area contributed by atoms with E-state index in [1.54, 1.807) is 12.3 Å². The van der Waals surface area contributed by atoms with Gasteiger partial charge in [0.2, 0.25) is 0 Å². The zero-order chi connectivity index (χ0) is 13.0. The van der Waals surface area contributed by atoms with Crippen LogP contribution in [-0.4, -0.2) is 59.6 Å². The minimum Gasteiger partial charge on any atom is -0.396 e. The maximum Gasteiger partial charge on any atom is 0.268 e. The first kappa shape index (κ1) is 13.0. The molecule has 0 unspecified atom stereocenters. The number of piperazine rings is 1. The predicted octanol–water partition coefficient (Wildman–Crippen LogP) is -0.622. The van der Waals surface area contributed by atoms with Crippen LogP contribution >= 0.6 is 0 Å². The van der Waals surface area contributed by atoms with E-state index in [1.807, 2.05) is 0 Å². The van der Waals surface area contributed by atoms with Crippen LogP contribution in [-0.2, 0) is 6.54 Å². The second-order valence-electron chi connectivity index (χ2n) is 4.64. The lowest BCUT2D eigenvalue weighted by atomic mass is 10.3. The second kappa shape index (κ2) is 5.97. The molecule has 0 radical (unpaired) electrons. The highest BCUT2D eigenvalue weighted by Crippen LogP contribution is 2.11. The summed E-state index contributed by atoms with van der Waals surface area (Å²) in [5.74, 6) is 0. The van der Waals surface area contributed by atoms with Crippen LogP contribution in [0, 0.1) is 0 Å². The Morgan fingerprint density at radius 2 is 2.06 bits per heavy atom. The van der Waals surface area contributed by atoms with Crippen LogP contribution in [0.2, 0.25) is 0 Å². The molecule has 1 N–H and O–H groups in total. The first-order valence-electron chi connectivity index (χ1n) is 6.32. The van der Waals surface area contributed by atoms with E-state index in [1.165, 1.54) is 4.68 Å². The third-order valence-corrected chi connectivity index (χ3v) is 3.25. The quantitative estimate of drug-likeness (QED) is 0.773. The van der Waals surface area contributed by atoms with Crippen molar-refractivity contribution in [2.45, 2.75) is 13.0 Å². The van der Waals surface area contributed by atoms with Crippen LogP contribution in [0.5, 0.6) is 0 Å². The summed E-state index contributed by atoms with van der Waals surface area (Å²) in [6, 6.07) is 1.63. The van der Waals surface area contributed by atoms with E-state index in [-0.39, 0.29) is 12.2 Å². The molecular weight excluding hydrogens is 232 g/mol. The van der Waals surface area contributed by atoms with Crippen LogP contribution < -0.4 is 10.5 Å². The van der Waals surface area contributed by atoms with Gasteiger partial charge in [0.15, 0.2) is 0 Å². The number of hydrogen-bond donors (Lipinski definition) is 1. The second-order valence-corrected chi connectivity index (χ2v) is 4.64. The zero-order valence-electron chi connectivity index (χ0n) is 10.7. The smallest absolute Gasteiger partial charge is 0.268 e. The van der Waals surface area contributed by atoms with Gasteiger partial charge in [-0.3, -0.25) is 4.79 Å². The topological polar surface area (TPSA) is 61.6 Å². The molecule has 6 nitrogen and oxygen atoms in total. The summed E-state index contributed by atoms with van der Waals surface area (Å²) >= 11 is 0. The first-order valence-corrected chi connectivity index (χ1v) is 6.32. The standard InChI is InChI=1S/C12H20N4O2/c1-14-4-6-15(7-5-14)11-9-12(18)16(13-10-11)3-2-8-17/h9-10,17H,2-8H2,1H3. The fourth-order valence-corrected chi connectivity index (χ4v) is 2.05. The van der Waals surface area contributed by atoms with Gasteiger partial charge >= 0.3 is 0 Å². The maximum atomic E-state index is 11.8. The lowest BCUT2D eigenvalue weighted by Gasteiger charge is -2.33. The van der Waals surface area contributed by atoms with Crippen LogP contribution in [0.25, 0.3) is 0 Å². The molecular formula is C12H20N4O2. The molecule has 0 aromatic carbocycles. The summed E-state index contributed by atoms with van der Waals surface area (Å²) in [6.07, 6.45) is 2.30. The molecule has 2 rings (SSSR count). The molecule has 0 atom stereocenters. The molecule has 1 aromatic rings. The number of likely N-dealkylation sites (N-methyl/N-ethyl adjacent to an activating group) is 1. The Labute approximate surface area is 106 Å². The molecule has 100 valence electrons. The molecule has 2 heterocycles. The average molecular weight is 252 g/mol. The maximum absolute atomic E-state index is 11.8. The van der Waals surface area contributed by atoms with Crippen LogP contribution in [0.4, 0.5) is 5.69 Å². The van der Waals surface area contributed by atoms with Crippen LogP contribution in [0.1, 0.15) is 6.42 Å². The van der Waals surface area contributed by atoms with E-state index in [4.69, 9.17) is 5.11 Å². The number of aryl methyl sites for hydroxylation is 1. The van der Waals surface area contributed by atoms with Gasteiger partial charge in [0.05, 0.1) is 11.9 Å².